The van der Waals surface area contributed by atoms with E-state index in [0.717, 1.165) is 12.1 Å². The average Bonchev–Trinajstić information content (AvgIpc) is 2.26. The fraction of sp³-hybridized carbons (Fsp3) is 0.364. The molecule has 76 valence electrons. The molecule has 3 nitrogen and oxygen atoms in total. The summed E-state index contributed by atoms with van der Waals surface area (Å²) >= 11 is 0. The van der Waals surface area contributed by atoms with Gasteiger partial charge in [0.2, 0.25) is 0 Å². The second-order valence-corrected chi connectivity index (χ2v) is 3.29. The topological polar surface area (TPSA) is 44.6 Å². The first-order valence-electron chi connectivity index (χ1n) is 4.80. The highest BCUT2D eigenvalue weighted by molar-refractivity contribution is 5.59. The van der Waals surface area contributed by atoms with Gasteiger partial charge in [-0.1, -0.05) is 26.0 Å². The van der Waals surface area contributed by atoms with E-state index in [1.165, 1.54) is 11.9 Å². The van der Waals surface area contributed by atoms with Crippen molar-refractivity contribution in [3.63, 3.8) is 0 Å². The van der Waals surface area contributed by atoms with Gasteiger partial charge in [-0.2, -0.15) is 0 Å². The van der Waals surface area contributed by atoms with Crippen LogP contribution in [0.15, 0.2) is 29.3 Å². The first-order chi connectivity index (χ1) is 6.77. The number of hydrogen-bond acceptors (Lipinski definition) is 2. The minimum atomic E-state index is 0.587. The molecule has 3 heteroatoms. The quantitative estimate of drug-likeness (QED) is 0.437. The van der Waals surface area contributed by atoms with E-state index < -0.39 is 0 Å². The summed E-state index contributed by atoms with van der Waals surface area (Å²) < 4.78 is 0. The molecule has 0 bridgehead atoms. The van der Waals surface area contributed by atoms with Gasteiger partial charge >= 0.3 is 0 Å². The molecule has 0 aliphatic heterocycles. The Morgan fingerprint density at radius 3 is 2.57 bits per heavy atom. The number of hydroxylamine groups is 1. The van der Waals surface area contributed by atoms with Crippen LogP contribution in [-0.2, 0) is 0 Å². The first-order valence-corrected chi connectivity index (χ1v) is 4.80. The van der Waals surface area contributed by atoms with Crippen LogP contribution in [0.2, 0.25) is 0 Å². The number of hydrogen-bond donors (Lipinski definition) is 2. The molecule has 0 spiro atoms. The number of nitrogens with zero attached hydrogens (tertiary/aromatic N) is 1. The van der Waals surface area contributed by atoms with Crippen molar-refractivity contribution in [3.8, 4) is 0 Å². The summed E-state index contributed by atoms with van der Waals surface area (Å²) in [6, 6.07) is 8.01. The Morgan fingerprint density at radius 2 is 2.07 bits per heavy atom. The Labute approximate surface area is 84.4 Å². The minimum Gasteiger partial charge on any atom is -0.290 e. The molecule has 1 aromatic rings. The second-order valence-electron chi connectivity index (χ2n) is 3.29. The predicted octanol–water partition coefficient (Wildman–Crippen LogP) is 2.84. The standard InChI is InChI=1S/C11H16N2O/c1-3-9(2)10-4-6-11(7-5-10)12-8-13-14/h4-9,14H,3H2,1-2H3,(H,12,13). The molecule has 0 saturated carbocycles. The first kappa shape index (κ1) is 10.7. The monoisotopic (exact) mass is 192 g/mol. The average molecular weight is 192 g/mol. The van der Waals surface area contributed by atoms with E-state index in [2.05, 4.69) is 31.0 Å². The van der Waals surface area contributed by atoms with Gasteiger partial charge in [0.25, 0.3) is 0 Å². The van der Waals surface area contributed by atoms with Crippen LogP contribution >= 0.6 is 0 Å². The van der Waals surface area contributed by atoms with E-state index in [1.807, 2.05) is 17.6 Å². The van der Waals surface area contributed by atoms with E-state index in [4.69, 9.17) is 5.21 Å². The molecule has 0 saturated heterocycles. The SMILES string of the molecule is CCC(C)c1ccc(N=CNO)cc1. The van der Waals surface area contributed by atoms with Crippen molar-refractivity contribution >= 4 is 12.0 Å². The molecule has 0 fully saturated rings. The number of aliphatic imine (C=N–C) groups is 1. The van der Waals surface area contributed by atoms with Crippen LogP contribution < -0.4 is 5.48 Å². The maximum atomic E-state index is 8.31. The normalized spacial score (nSPS) is 13.1. The third-order valence-corrected chi connectivity index (χ3v) is 2.35. The summed E-state index contributed by atoms with van der Waals surface area (Å²) in [5.74, 6) is 0.587. The van der Waals surface area contributed by atoms with E-state index in [9.17, 15) is 0 Å². The van der Waals surface area contributed by atoms with Crippen molar-refractivity contribution in [2.45, 2.75) is 26.2 Å². The van der Waals surface area contributed by atoms with Crippen LogP contribution in [0.25, 0.3) is 0 Å². The lowest BCUT2D eigenvalue weighted by molar-refractivity contribution is 0.240. The van der Waals surface area contributed by atoms with Gasteiger partial charge < -0.3 is 0 Å². The zero-order chi connectivity index (χ0) is 10.4. The lowest BCUT2D eigenvalue weighted by Crippen LogP contribution is -2.00. The maximum absolute atomic E-state index is 8.31. The molecule has 0 aromatic heterocycles. The van der Waals surface area contributed by atoms with Crippen LogP contribution in [0.4, 0.5) is 5.69 Å². The molecule has 0 amide bonds. The Hall–Kier alpha value is -1.35. The maximum Gasteiger partial charge on any atom is 0.113 e. The molecule has 1 rings (SSSR count). The molecule has 0 heterocycles. The summed E-state index contributed by atoms with van der Waals surface area (Å²) in [7, 11) is 0. The Balaban J connectivity index is 2.73. The Bertz CT molecular complexity index is 293. The molecule has 1 unspecified atom stereocenters. The van der Waals surface area contributed by atoms with E-state index in [-0.39, 0.29) is 0 Å². The number of nitrogens with one attached hydrogen (secondary N) is 1. The molecule has 2 N–H and O–H groups in total. The molecule has 1 aromatic carbocycles. The van der Waals surface area contributed by atoms with Gasteiger partial charge in [0.1, 0.15) is 6.34 Å². The van der Waals surface area contributed by atoms with Gasteiger partial charge in [0, 0.05) is 0 Å². The zero-order valence-electron chi connectivity index (χ0n) is 8.57. The van der Waals surface area contributed by atoms with Gasteiger partial charge in [-0.15, -0.1) is 0 Å². The van der Waals surface area contributed by atoms with Crippen molar-refractivity contribution in [2.75, 3.05) is 0 Å². The second kappa shape index (κ2) is 5.40. The third-order valence-electron chi connectivity index (χ3n) is 2.35. The van der Waals surface area contributed by atoms with Crippen molar-refractivity contribution in [1.29, 1.82) is 0 Å². The minimum absolute atomic E-state index is 0.587. The van der Waals surface area contributed by atoms with E-state index >= 15 is 0 Å². The molecule has 0 radical (unpaired) electrons. The summed E-state index contributed by atoms with van der Waals surface area (Å²) in [4.78, 5) is 3.96. The molecular formula is C11H16N2O. The molecular weight excluding hydrogens is 176 g/mol. The smallest absolute Gasteiger partial charge is 0.113 e. The molecule has 0 aliphatic carbocycles. The molecule has 0 aliphatic rings. The number of rotatable bonds is 4. The Kier molecular flexibility index (Phi) is 4.13. The van der Waals surface area contributed by atoms with Gasteiger partial charge in [0.15, 0.2) is 0 Å². The van der Waals surface area contributed by atoms with Gasteiger partial charge in [0.05, 0.1) is 5.69 Å². The van der Waals surface area contributed by atoms with Crippen LogP contribution in [-0.4, -0.2) is 11.5 Å². The number of benzene rings is 1. The summed E-state index contributed by atoms with van der Waals surface area (Å²) in [6.45, 7) is 4.37. The van der Waals surface area contributed by atoms with Crippen LogP contribution in [0.1, 0.15) is 31.7 Å². The summed E-state index contributed by atoms with van der Waals surface area (Å²) in [6.07, 6.45) is 2.39. The van der Waals surface area contributed by atoms with Crippen molar-refractivity contribution < 1.29 is 5.21 Å². The van der Waals surface area contributed by atoms with Crippen molar-refractivity contribution in [2.24, 2.45) is 4.99 Å². The molecule has 14 heavy (non-hydrogen) atoms. The summed E-state index contributed by atoms with van der Waals surface area (Å²) in [5, 5.41) is 8.31. The highest BCUT2D eigenvalue weighted by Crippen LogP contribution is 2.21. The van der Waals surface area contributed by atoms with Crippen LogP contribution in [0, 0.1) is 0 Å². The highest BCUT2D eigenvalue weighted by Gasteiger charge is 2.01. The lowest BCUT2D eigenvalue weighted by Gasteiger charge is -2.08. The van der Waals surface area contributed by atoms with Crippen LogP contribution in [0.5, 0.6) is 0 Å². The van der Waals surface area contributed by atoms with Crippen LogP contribution in [0.3, 0.4) is 0 Å². The third kappa shape index (κ3) is 2.85. The fourth-order valence-electron chi connectivity index (χ4n) is 1.23. The molecule has 1 atom stereocenters. The lowest BCUT2D eigenvalue weighted by atomic mass is 9.99. The van der Waals surface area contributed by atoms with Gasteiger partial charge in [-0.3, -0.25) is 10.7 Å². The Morgan fingerprint density at radius 1 is 1.43 bits per heavy atom. The highest BCUT2D eigenvalue weighted by atomic mass is 16.5. The zero-order valence-corrected chi connectivity index (χ0v) is 8.57. The largest absolute Gasteiger partial charge is 0.290 e. The summed E-state index contributed by atoms with van der Waals surface area (Å²) in [5.41, 5.74) is 4.03. The van der Waals surface area contributed by atoms with E-state index in [1.54, 1.807) is 0 Å². The van der Waals surface area contributed by atoms with E-state index in [0.29, 0.717) is 5.92 Å². The predicted molar refractivity (Wildman–Crippen MR) is 58.2 cm³/mol. The van der Waals surface area contributed by atoms with Gasteiger partial charge in [-0.25, -0.2) is 4.99 Å². The van der Waals surface area contributed by atoms with Crippen molar-refractivity contribution in [3.05, 3.63) is 29.8 Å². The fourth-order valence-corrected chi connectivity index (χ4v) is 1.23. The van der Waals surface area contributed by atoms with Gasteiger partial charge in [-0.05, 0) is 30.0 Å². The van der Waals surface area contributed by atoms with Crippen molar-refractivity contribution in [1.82, 2.24) is 5.48 Å².